The van der Waals surface area contributed by atoms with Gasteiger partial charge in [-0.15, -0.1) is 0 Å². The Bertz CT molecular complexity index is 245. The molecule has 0 heterocycles. The molecular weight excluding hydrogens is 200 g/mol. The average molecular weight is 226 g/mol. The third-order valence-electron chi connectivity index (χ3n) is 4.26. The number of carbonyl (C=O) groups is 1. The summed E-state index contributed by atoms with van der Waals surface area (Å²) >= 11 is 0. The summed E-state index contributed by atoms with van der Waals surface area (Å²) < 4.78 is 5.26. The van der Waals surface area contributed by atoms with Crippen molar-refractivity contribution in [2.24, 2.45) is 23.2 Å². The Morgan fingerprint density at radius 2 is 2.00 bits per heavy atom. The largest absolute Gasteiger partial charge is 0.466 e. The quantitative estimate of drug-likeness (QED) is 0.687. The van der Waals surface area contributed by atoms with Gasteiger partial charge in [0.2, 0.25) is 0 Å². The fraction of sp³-hybridized carbons (Fsp3) is 0.929. The van der Waals surface area contributed by atoms with Crippen molar-refractivity contribution in [1.82, 2.24) is 0 Å². The molecule has 94 valence electrons. The van der Waals surface area contributed by atoms with Crippen LogP contribution in [0.1, 0.15) is 53.9 Å². The second-order valence-corrected chi connectivity index (χ2v) is 5.81. The van der Waals surface area contributed by atoms with Crippen LogP contribution in [0.5, 0.6) is 0 Å². The van der Waals surface area contributed by atoms with E-state index < -0.39 is 0 Å². The Labute approximate surface area is 99.8 Å². The molecule has 0 spiro atoms. The minimum Gasteiger partial charge on any atom is -0.466 e. The molecular formula is C14H26O2. The van der Waals surface area contributed by atoms with Crippen molar-refractivity contribution in [2.75, 3.05) is 6.61 Å². The van der Waals surface area contributed by atoms with Crippen LogP contribution in [0, 0.1) is 23.2 Å². The lowest BCUT2D eigenvalue weighted by atomic mass is 9.59. The first-order valence-electron chi connectivity index (χ1n) is 6.60. The van der Waals surface area contributed by atoms with Gasteiger partial charge in [0.05, 0.1) is 12.5 Å². The number of hydrogen-bond donors (Lipinski definition) is 0. The monoisotopic (exact) mass is 226 g/mol. The molecule has 1 rings (SSSR count). The van der Waals surface area contributed by atoms with Gasteiger partial charge in [-0.05, 0) is 37.0 Å². The van der Waals surface area contributed by atoms with E-state index in [1.807, 2.05) is 6.92 Å². The lowest BCUT2D eigenvalue weighted by Crippen LogP contribution is -2.44. The first-order chi connectivity index (χ1) is 7.44. The lowest BCUT2D eigenvalue weighted by Gasteiger charge is -2.45. The predicted molar refractivity (Wildman–Crippen MR) is 66.1 cm³/mol. The molecule has 0 saturated heterocycles. The van der Waals surface area contributed by atoms with Crippen LogP contribution in [0.2, 0.25) is 0 Å². The predicted octanol–water partition coefficient (Wildman–Crippen LogP) is 3.65. The summed E-state index contributed by atoms with van der Waals surface area (Å²) in [6.07, 6.45) is 3.45. The normalized spacial score (nSPS) is 33.4. The zero-order valence-electron chi connectivity index (χ0n) is 11.4. The Balaban J connectivity index is 2.90. The van der Waals surface area contributed by atoms with Gasteiger partial charge in [0.15, 0.2) is 0 Å². The SMILES string of the molecule is CCOC(=O)C1C(CC)C(C)CCC1(C)C. The van der Waals surface area contributed by atoms with Crippen LogP contribution >= 0.6 is 0 Å². The fourth-order valence-electron chi connectivity index (χ4n) is 3.24. The van der Waals surface area contributed by atoms with Crippen molar-refractivity contribution < 1.29 is 9.53 Å². The van der Waals surface area contributed by atoms with E-state index in [9.17, 15) is 4.79 Å². The van der Waals surface area contributed by atoms with E-state index in [1.54, 1.807) is 0 Å². The maximum atomic E-state index is 12.1. The summed E-state index contributed by atoms with van der Waals surface area (Å²) in [5, 5.41) is 0. The summed E-state index contributed by atoms with van der Waals surface area (Å²) in [7, 11) is 0. The second-order valence-electron chi connectivity index (χ2n) is 5.81. The van der Waals surface area contributed by atoms with Crippen molar-refractivity contribution in [1.29, 1.82) is 0 Å². The summed E-state index contributed by atoms with van der Waals surface area (Å²) in [5.74, 6) is 1.24. The van der Waals surface area contributed by atoms with E-state index in [1.165, 1.54) is 6.42 Å². The Morgan fingerprint density at radius 1 is 1.38 bits per heavy atom. The van der Waals surface area contributed by atoms with Crippen LogP contribution in [0.25, 0.3) is 0 Å². The summed E-state index contributed by atoms with van der Waals surface area (Å²) in [4.78, 5) is 12.1. The van der Waals surface area contributed by atoms with Crippen molar-refractivity contribution in [3.63, 3.8) is 0 Å². The van der Waals surface area contributed by atoms with Gasteiger partial charge in [-0.2, -0.15) is 0 Å². The summed E-state index contributed by atoms with van der Waals surface area (Å²) in [6, 6.07) is 0. The summed E-state index contributed by atoms with van der Waals surface area (Å²) in [5.41, 5.74) is 0.0967. The minimum absolute atomic E-state index is 0.0194. The van der Waals surface area contributed by atoms with E-state index in [2.05, 4.69) is 27.7 Å². The van der Waals surface area contributed by atoms with E-state index >= 15 is 0 Å². The molecule has 1 aliphatic rings. The van der Waals surface area contributed by atoms with Gasteiger partial charge in [0.25, 0.3) is 0 Å². The van der Waals surface area contributed by atoms with Crippen LogP contribution in [0.15, 0.2) is 0 Å². The molecule has 0 aromatic carbocycles. The van der Waals surface area contributed by atoms with Gasteiger partial charge in [-0.1, -0.05) is 34.1 Å². The van der Waals surface area contributed by atoms with Crippen molar-refractivity contribution in [3.8, 4) is 0 Å². The Morgan fingerprint density at radius 3 is 2.50 bits per heavy atom. The highest BCUT2D eigenvalue weighted by Crippen LogP contribution is 2.48. The highest BCUT2D eigenvalue weighted by molar-refractivity contribution is 5.74. The third-order valence-corrected chi connectivity index (χ3v) is 4.26. The molecule has 0 N–H and O–H groups in total. The van der Waals surface area contributed by atoms with Gasteiger partial charge in [-0.3, -0.25) is 4.79 Å². The van der Waals surface area contributed by atoms with Crippen LogP contribution < -0.4 is 0 Å². The number of esters is 1. The molecule has 2 nitrogen and oxygen atoms in total. The number of hydrogen-bond acceptors (Lipinski definition) is 2. The molecule has 0 amide bonds. The van der Waals surface area contributed by atoms with Crippen molar-refractivity contribution in [2.45, 2.75) is 53.9 Å². The molecule has 0 aliphatic heterocycles. The van der Waals surface area contributed by atoms with Crippen LogP contribution in [0.4, 0.5) is 0 Å². The molecule has 16 heavy (non-hydrogen) atoms. The van der Waals surface area contributed by atoms with Gasteiger partial charge < -0.3 is 4.74 Å². The summed E-state index contributed by atoms with van der Waals surface area (Å²) in [6.45, 7) is 11.3. The van der Waals surface area contributed by atoms with E-state index in [4.69, 9.17) is 4.74 Å². The third kappa shape index (κ3) is 2.58. The van der Waals surface area contributed by atoms with Gasteiger partial charge in [-0.25, -0.2) is 0 Å². The minimum atomic E-state index is 0.0194. The molecule has 0 aromatic rings. The topological polar surface area (TPSA) is 26.3 Å². The molecule has 2 heteroatoms. The molecule has 1 aliphatic carbocycles. The molecule has 3 atom stereocenters. The molecule has 0 aromatic heterocycles. The van der Waals surface area contributed by atoms with Crippen molar-refractivity contribution in [3.05, 3.63) is 0 Å². The van der Waals surface area contributed by atoms with E-state index in [0.717, 1.165) is 12.8 Å². The molecule has 0 bridgehead atoms. The first-order valence-corrected chi connectivity index (χ1v) is 6.60. The molecule has 0 radical (unpaired) electrons. The standard InChI is InChI=1S/C14H26O2/c1-6-11-10(3)8-9-14(4,5)12(11)13(15)16-7-2/h10-12H,6-9H2,1-5H3. The van der Waals surface area contributed by atoms with Crippen LogP contribution in [-0.2, 0) is 9.53 Å². The molecule has 1 saturated carbocycles. The van der Waals surface area contributed by atoms with Gasteiger partial charge in [0, 0.05) is 0 Å². The first kappa shape index (κ1) is 13.5. The highest BCUT2D eigenvalue weighted by atomic mass is 16.5. The zero-order valence-corrected chi connectivity index (χ0v) is 11.4. The van der Waals surface area contributed by atoms with Crippen LogP contribution in [0.3, 0.4) is 0 Å². The molecule has 1 fully saturated rings. The smallest absolute Gasteiger partial charge is 0.309 e. The second kappa shape index (κ2) is 5.20. The van der Waals surface area contributed by atoms with Crippen LogP contribution in [-0.4, -0.2) is 12.6 Å². The fourth-order valence-corrected chi connectivity index (χ4v) is 3.24. The zero-order chi connectivity index (χ0) is 12.3. The molecule has 3 unspecified atom stereocenters. The number of carbonyl (C=O) groups excluding carboxylic acids is 1. The van der Waals surface area contributed by atoms with E-state index in [0.29, 0.717) is 18.4 Å². The maximum Gasteiger partial charge on any atom is 0.309 e. The maximum absolute atomic E-state index is 12.1. The van der Waals surface area contributed by atoms with Gasteiger partial charge >= 0.3 is 5.97 Å². The van der Waals surface area contributed by atoms with E-state index in [-0.39, 0.29) is 17.3 Å². The lowest BCUT2D eigenvalue weighted by molar-refractivity contribution is -0.159. The highest BCUT2D eigenvalue weighted by Gasteiger charge is 2.46. The Kier molecular flexibility index (Phi) is 4.40. The number of rotatable bonds is 3. The number of ether oxygens (including phenoxy) is 1. The average Bonchev–Trinajstić information content (AvgIpc) is 2.21. The van der Waals surface area contributed by atoms with Gasteiger partial charge in [0.1, 0.15) is 0 Å². The van der Waals surface area contributed by atoms with Crippen molar-refractivity contribution >= 4 is 5.97 Å². The Hall–Kier alpha value is -0.530.